The van der Waals surface area contributed by atoms with Gasteiger partial charge in [-0.25, -0.2) is 4.98 Å². The van der Waals surface area contributed by atoms with Crippen LogP contribution in [-0.2, 0) is 4.74 Å². The number of furan rings is 1. The minimum atomic E-state index is -0.0881. The first-order valence-electron chi connectivity index (χ1n) is 7.46. The normalized spacial score (nSPS) is 18.3. The van der Waals surface area contributed by atoms with Gasteiger partial charge in [-0.3, -0.25) is 0 Å². The number of pyridine rings is 1. The van der Waals surface area contributed by atoms with E-state index >= 15 is 0 Å². The molecule has 7 nitrogen and oxygen atoms in total. The molecule has 0 amide bonds. The van der Waals surface area contributed by atoms with Crippen molar-refractivity contribution in [1.29, 1.82) is 0 Å². The summed E-state index contributed by atoms with van der Waals surface area (Å²) in [6, 6.07) is 7.62. The highest BCUT2D eigenvalue weighted by molar-refractivity contribution is 5.58. The van der Waals surface area contributed by atoms with E-state index in [0.717, 1.165) is 23.7 Å². The molecule has 0 radical (unpaired) electrons. The molecular formula is C16H16N4O3. The van der Waals surface area contributed by atoms with Gasteiger partial charge in [0, 0.05) is 18.3 Å². The Morgan fingerprint density at radius 3 is 3.04 bits per heavy atom. The monoisotopic (exact) mass is 312 g/mol. The number of hydrogen-bond acceptors (Lipinski definition) is 7. The van der Waals surface area contributed by atoms with E-state index in [-0.39, 0.29) is 6.10 Å². The summed E-state index contributed by atoms with van der Waals surface area (Å²) in [4.78, 5) is 10.9. The van der Waals surface area contributed by atoms with E-state index in [9.17, 15) is 0 Å². The Morgan fingerprint density at radius 2 is 2.26 bits per heavy atom. The molecule has 0 N–H and O–H groups in total. The zero-order valence-corrected chi connectivity index (χ0v) is 12.7. The third-order valence-corrected chi connectivity index (χ3v) is 3.77. The zero-order chi connectivity index (χ0) is 15.6. The molecule has 0 aromatic carbocycles. The van der Waals surface area contributed by atoms with Gasteiger partial charge in [0.05, 0.1) is 19.4 Å². The predicted octanol–water partition coefficient (Wildman–Crippen LogP) is 2.61. The third kappa shape index (κ3) is 2.83. The lowest BCUT2D eigenvalue weighted by atomic mass is 10.2. The molecule has 1 saturated heterocycles. The first-order chi connectivity index (χ1) is 11.3. The molecule has 1 atom stereocenters. The maximum absolute atomic E-state index is 5.79. The number of aryl methyl sites for hydroxylation is 1. The maximum Gasteiger partial charge on any atom is 0.258 e. The van der Waals surface area contributed by atoms with E-state index in [0.29, 0.717) is 24.9 Å². The first-order valence-corrected chi connectivity index (χ1v) is 7.46. The Morgan fingerprint density at radius 1 is 1.30 bits per heavy atom. The molecule has 0 spiro atoms. The molecule has 3 aromatic rings. The van der Waals surface area contributed by atoms with E-state index in [2.05, 4.69) is 20.0 Å². The summed E-state index contributed by atoms with van der Waals surface area (Å²) in [6.07, 6.45) is 3.32. The van der Waals surface area contributed by atoms with Gasteiger partial charge < -0.3 is 18.6 Å². The standard InChI is InChI=1S/C16H16N4O3/c1-11-18-16(23-19-11)12-4-5-17-15(9-12)20-6-8-22-14(10-20)13-3-2-7-21-13/h2-5,7,9,14H,6,8,10H2,1H3. The fraction of sp³-hybridized carbons (Fsp3) is 0.312. The van der Waals surface area contributed by atoms with Crippen LogP contribution >= 0.6 is 0 Å². The molecule has 1 fully saturated rings. The SMILES string of the molecule is Cc1noc(-c2ccnc(N3CCOC(c4ccco4)C3)c2)n1. The second kappa shape index (κ2) is 5.85. The Kier molecular flexibility index (Phi) is 3.55. The van der Waals surface area contributed by atoms with Gasteiger partial charge in [0.15, 0.2) is 5.82 Å². The Balaban J connectivity index is 1.58. The zero-order valence-electron chi connectivity index (χ0n) is 12.7. The van der Waals surface area contributed by atoms with Crippen LogP contribution < -0.4 is 4.90 Å². The van der Waals surface area contributed by atoms with Crippen LogP contribution in [0.15, 0.2) is 45.7 Å². The average Bonchev–Trinajstić information content (AvgIpc) is 3.27. The molecule has 3 aromatic heterocycles. The fourth-order valence-electron chi connectivity index (χ4n) is 2.64. The van der Waals surface area contributed by atoms with Gasteiger partial charge in [0.25, 0.3) is 5.89 Å². The molecule has 7 heteroatoms. The van der Waals surface area contributed by atoms with Crippen molar-refractivity contribution >= 4 is 5.82 Å². The summed E-state index contributed by atoms with van der Waals surface area (Å²) in [6.45, 7) is 3.88. The van der Waals surface area contributed by atoms with Crippen LogP contribution in [0.1, 0.15) is 17.7 Å². The highest BCUT2D eigenvalue weighted by Gasteiger charge is 2.25. The van der Waals surface area contributed by atoms with Crippen molar-refractivity contribution in [2.45, 2.75) is 13.0 Å². The Bertz CT molecular complexity index is 784. The number of morpholine rings is 1. The van der Waals surface area contributed by atoms with Crippen LogP contribution in [0.5, 0.6) is 0 Å². The summed E-state index contributed by atoms with van der Waals surface area (Å²) < 4.78 is 16.5. The largest absolute Gasteiger partial charge is 0.467 e. The number of rotatable bonds is 3. The van der Waals surface area contributed by atoms with Crippen molar-refractivity contribution in [3.63, 3.8) is 0 Å². The molecule has 1 unspecified atom stereocenters. The van der Waals surface area contributed by atoms with Gasteiger partial charge in [-0.05, 0) is 31.2 Å². The second-order valence-electron chi connectivity index (χ2n) is 5.37. The van der Waals surface area contributed by atoms with Crippen molar-refractivity contribution in [1.82, 2.24) is 15.1 Å². The highest BCUT2D eigenvalue weighted by atomic mass is 16.5. The number of anilines is 1. The molecule has 1 aliphatic rings. The van der Waals surface area contributed by atoms with E-state index in [4.69, 9.17) is 13.7 Å². The van der Waals surface area contributed by atoms with Crippen molar-refractivity contribution < 1.29 is 13.7 Å². The van der Waals surface area contributed by atoms with Gasteiger partial charge in [-0.15, -0.1) is 0 Å². The molecule has 118 valence electrons. The van der Waals surface area contributed by atoms with Crippen molar-refractivity contribution in [2.75, 3.05) is 24.6 Å². The summed E-state index contributed by atoms with van der Waals surface area (Å²) in [5.41, 5.74) is 0.858. The summed E-state index contributed by atoms with van der Waals surface area (Å²) in [5.74, 6) is 2.81. The highest BCUT2D eigenvalue weighted by Crippen LogP contribution is 2.27. The molecule has 4 heterocycles. The lowest BCUT2D eigenvalue weighted by Gasteiger charge is -2.32. The lowest BCUT2D eigenvalue weighted by Crippen LogP contribution is -2.38. The topological polar surface area (TPSA) is 77.4 Å². The minimum absolute atomic E-state index is 0.0881. The maximum atomic E-state index is 5.79. The van der Waals surface area contributed by atoms with Crippen LogP contribution in [0.4, 0.5) is 5.82 Å². The van der Waals surface area contributed by atoms with E-state index in [1.54, 1.807) is 19.4 Å². The average molecular weight is 312 g/mol. The summed E-state index contributed by atoms with van der Waals surface area (Å²) in [7, 11) is 0. The molecule has 0 saturated carbocycles. The van der Waals surface area contributed by atoms with Gasteiger partial charge in [-0.2, -0.15) is 4.98 Å². The van der Waals surface area contributed by atoms with Crippen LogP contribution in [-0.4, -0.2) is 34.8 Å². The Labute approximate surface area is 132 Å². The van der Waals surface area contributed by atoms with Gasteiger partial charge in [-0.1, -0.05) is 5.16 Å². The van der Waals surface area contributed by atoms with E-state index in [1.807, 2.05) is 24.3 Å². The fourth-order valence-corrected chi connectivity index (χ4v) is 2.64. The van der Waals surface area contributed by atoms with Crippen LogP contribution in [0.25, 0.3) is 11.5 Å². The molecule has 23 heavy (non-hydrogen) atoms. The summed E-state index contributed by atoms with van der Waals surface area (Å²) >= 11 is 0. The quantitative estimate of drug-likeness (QED) is 0.735. The van der Waals surface area contributed by atoms with Crippen LogP contribution in [0.3, 0.4) is 0 Å². The first kappa shape index (κ1) is 14.0. The number of ether oxygens (including phenoxy) is 1. The predicted molar refractivity (Wildman–Crippen MR) is 81.9 cm³/mol. The van der Waals surface area contributed by atoms with E-state index in [1.165, 1.54) is 0 Å². The number of hydrogen-bond donors (Lipinski definition) is 0. The third-order valence-electron chi connectivity index (χ3n) is 3.77. The lowest BCUT2D eigenvalue weighted by molar-refractivity contribution is 0.0255. The van der Waals surface area contributed by atoms with Gasteiger partial charge >= 0.3 is 0 Å². The van der Waals surface area contributed by atoms with E-state index < -0.39 is 0 Å². The summed E-state index contributed by atoms with van der Waals surface area (Å²) in [5, 5.41) is 3.83. The van der Waals surface area contributed by atoms with Crippen molar-refractivity contribution in [3.8, 4) is 11.5 Å². The smallest absolute Gasteiger partial charge is 0.258 e. The van der Waals surface area contributed by atoms with Crippen LogP contribution in [0.2, 0.25) is 0 Å². The molecule has 0 aliphatic carbocycles. The van der Waals surface area contributed by atoms with Gasteiger partial charge in [0.1, 0.15) is 17.7 Å². The molecule has 0 bridgehead atoms. The van der Waals surface area contributed by atoms with Crippen molar-refractivity contribution in [3.05, 3.63) is 48.3 Å². The molecule has 1 aliphatic heterocycles. The number of nitrogens with zero attached hydrogens (tertiary/aromatic N) is 4. The van der Waals surface area contributed by atoms with Crippen LogP contribution in [0, 0.1) is 6.92 Å². The molecular weight excluding hydrogens is 296 g/mol. The minimum Gasteiger partial charge on any atom is -0.467 e. The second-order valence-corrected chi connectivity index (χ2v) is 5.37. The molecule has 4 rings (SSSR count). The number of aromatic nitrogens is 3. The van der Waals surface area contributed by atoms with Gasteiger partial charge in [0.2, 0.25) is 0 Å². The Hall–Kier alpha value is -2.67. The van der Waals surface area contributed by atoms with Crippen molar-refractivity contribution in [2.24, 2.45) is 0 Å².